The second-order valence-corrected chi connectivity index (χ2v) is 5.78. The van der Waals surface area contributed by atoms with Crippen molar-refractivity contribution in [1.82, 2.24) is 4.90 Å². The van der Waals surface area contributed by atoms with Gasteiger partial charge in [-0.3, -0.25) is 9.59 Å². The predicted molar refractivity (Wildman–Crippen MR) is 73.0 cm³/mol. The second kappa shape index (κ2) is 5.52. The van der Waals surface area contributed by atoms with Gasteiger partial charge in [0.2, 0.25) is 5.91 Å². The molecule has 2 rings (SSSR count). The summed E-state index contributed by atoms with van der Waals surface area (Å²) in [6.45, 7) is 1.46. The minimum absolute atomic E-state index is 0.0588. The number of hydrogen-bond donors (Lipinski definition) is 1. The zero-order valence-electron chi connectivity index (χ0n) is 10.7. The van der Waals surface area contributed by atoms with Gasteiger partial charge < -0.3 is 10.2 Å². The van der Waals surface area contributed by atoms with E-state index in [9.17, 15) is 9.59 Å². The fourth-order valence-corrected chi connectivity index (χ4v) is 3.26. The molecule has 1 aromatic heterocycles. The zero-order chi connectivity index (χ0) is 13.1. The van der Waals surface area contributed by atoms with E-state index in [0.29, 0.717) is 10.9 Å². The van der Waals surface area contributed by atoms with Gasteiger partial charge in [-0.2, -0.15) is 0 Å². The SMILES string of the molecule is CC(=O)Nc1ccc(C(=O)N(C)C2CCCC2)s1. The molecule has 1 saturated carbocycles. The maximum Gasteiger partial charge on any atom is 0.263 e. The first-order valence-corrected chi connectivity index (χ1v) is 7.04. The minimum Gasteiger partial charge on any atom is -0.338 e. The first-order chi connectivity index (χ1) is 8.58. The Morgan fingerprint density at radius 1 is 1.33 bits per heavy atom. The van der Waals surface area contributed by atoms with E-state index in [1.807, 2.05) is 11.9 Å². The van der Waals surface area contributed by atoms with Gasteiger partial charge in [0.25, 0.3) is 5.91 Å². The van der Waals surface area contributed by atoms with Gasteiger partial charge in [-0.05, 0) is 25.0 Å². The molecule has 5 heteroatoms. The first-order valence-electron chi connectivity index (χ1n) is 6.22. The highest BCUT2D eigenvalue weighted by Crippen LogP contribution is 2.27. The van der Waals surface area contributed by atoms with E-state index in [1.165, 1.54) is 31.1 Å². The van der Waals surface area contributed by atoms with Crippen LogP contribution in [0.2, 0.25) is 0 Å². The quantitative estimate of drug-likeness (QED) is 0.914. The molecule has 1 fully saturated rings. The number of nitrogens with zero attached hydrogens (tertiary/aromatic N) is 1. The Kier molecular flexibility index (Phi) is 4.01. The van der Waals surface area contributed by atoms with Crippen molar-refractivity contribution in [3.63, 3.8) is 0 Å². The number of thiophene rings is 1. The lowest BCUT2D eigenvalue weighted by Gasteiger charge is -2.23. The molecule has 1 N–H and O–H groups in total. The molecule has 0 bridgehead atoms. The van der Waals surface area contributed by atoms with Crippen molar-refractivity contribution in [3.05, 3.63) is 17.0 Å². The fraction of sp³-hybridized carbons (Fsp3) is 0.538. The van der Waals surface area contributed by atoms with E-state index in [4.69, 9.17) is 0 Å². The summed E-state index contributed by atoms with van der Waals surface area (Å²) in [5.74, 6) is -0.0523. The van der Waals surface area contributed by atoms with Crippen LogP contribution in [0.4, 0.5) is 5.00 Å². The molecule has 2 amide bonds. The summed E-state index contributed by atoms with van der Waals surface area (Å²) in [7, 11) is 1.87. The van der Waals surface area contributed by atoms with Crippen molar-refractivity contribution in [3.8, 4) is 0 Å². The summed E-state index contributed by atoms with van der Waals surface area (Å²) in [6, 6.07) is 3.94. The van der Waals surface area contributed by atoms with E-state index in [1.54, 1.807) is 12.1 Å². The number of carbonyl (C=O) groups is 2. The van der Waals surface area contributed by atoms with Crippen molar-refractivity contribution < 1.29 is 9.59 Å². The van der Waals surface area contributed by atoms with Gasteiger partial charge in [-0.25, -0.2) is 0 Å². The van der Waals surface area contributed by atoms with Crippen molar-refractivity contribution in [2.75, 3.05) is 12.4 Å². The van der Waals surface area contributed by atoms with Crippen molar-refractivity contribution in [1.29, 1.82) is 0 Å². The molecule has 1 aromatic rings. The average Bonchev–Trinajstić information content (AvgIpc) is 2.96. The molecule has 0 aliphatic heterocycles. The number of anilines is 1. The van der Waals surface area contributed by atoms with Gasteiger partial charge in [0.05, 0.1) is 9.88 Å². The number of amides is 2. The van der Waals surface area contributed by atoms with Gasteiger partial charge in [-0.15, -0.1) is 11.3 Å². The maximum absolute atomic E-state index is 12.3. The number of carbonyl (C=O) groups excluding carboxylic acids is 2. The molecule has 0 saturated heterocycles. The lowest BCUT2D eigenvalue weighted by atomic mass is 10.2. The van der Waals surface area contributed by atoms with Crippen LogP contribution < -0.4 is 5.32 Å². The molecule has 0 spiro atoms. The van der Waals surface area contributed by atoms with Crippen LogP contribution in [0.1, 0.15) is 42.3 Å². The van der Waals surface area contributed by atoms with E-state index >= 15 is 0 Å². The van der Waals surface area contributed by atoms with Crippen LogP contribution in [0.3, 0.4) is 0 Å². The van der Waals surface area contributed by atoms with Gasteiger partial charge in [0, 0.05) is 20.0 Å². The van der Waals surface area contributed by atoms with Gasteiger partial charge >= 0.3 is 0 Å². The zero-order valence-corrected chi connectivity index (χ0v) is 11.5. The van der Waals surface area contributed by atoms with Crippen LogP contribution in [0.15, 0.2) is 12.1 Å². The highest BCUT2D eigenvalue weighted by atomic mass is 32.1. The summed E-state index contributed by atoms with van der Waals surface area (Å²) in [4.78, 5) is 25.7. The summed E-state index contributed by atoms with van der Waals surface area (Å²) in [6.07, 6.45) is 4.63. The van der Waals surface area contributed by atoms with Crippen LogP contribution >= 0.6 is 11.3 Å². The van der Waals surface area contributed by atoms with E-state index in [-0.39, 0.29) is 11.8 Å². The Morgan fingerprint density at radius 3 is 2.61 bits per heavy atom. The van der Waals surface area contributed by atoms with Crippen LogP contribution in [0.25, 0.3) is 0 Å². The third-order valence-corrected chi connectivity index (χ3v) is 4.30. The third kappa shape index (κ3) is 2.90. The summed E-state index contributed by atoms with van der Waals surface area (Å²) >= 11 is 1.33. The normalized spacial score (nSPS) is 15.7. The minimum atomic E-state index is -0.111. The molecule has 0 radical (unpaired) electrons. The standard InChI is InChI=1S/C13H18N2O2S/c1-9(16)14-12-8-7-11(18-12)13(17)15(2)10-5-3-4-6-10/h7-8,10H,3-6H2,1-2H3,(H,14,16). The number of rotatable bonds is 3. The largest absolute Gasteiger partial charge is 0.338 e. The molecule has 1 aliphatic rings. The molecular weight excluding hydrogens is 248 g/mol. The molecule has 18 heavy (non-hydrogen) atoms. The average molecular weight is 266 g/mol. The molecule has 1 heterocycles. The van der Waals surface area contributed by atoms with E-state index in [0.717, 1.165) is 17.8 Å². The highest BCUT2D eigenvalue weighted by molar-refractivity contribution is 7.18. The van der Waals surface area contributed by atoms with Crippen LogP contribution in [0.5, 0.6) is 0 Å². The maximum atomic E-state index is 12.3. The van der Waals surface area contributed by atoms with Gasteiger partial charge in [0.15, 0.2) is 0 Å². The molecular formula is C13H18N2O2S. The molecule has 0 unspecified atom stereocenters. The predicted octanol–water partition coefficient (Wildman–Crippen LogP) is 2.72. The van der Waals surface area contributed by atoms with E-state index in [2.05, 4.69) is 5.32 Å². The Labute approximate surface area is 111 Å². The lowest BCUT2D eigenvalue weighted by molar-refractivity contribution is -0.114. The molecule has 4 nitrogen and oxygen atoms in total. The third-order valence-electron chi connectivity index (χ3n) is 3.31. The molecule has 1 aliphatic carbocycles. The Hall–Kier alpha value is -1.36. The van der Waals surface area contributed by atoms with Crippen LogP contribution in [-0.2, 0) is 4.79 Å². The summed E-state index contributed by atoms with van der Waals surface area (Å²) in [5.41, 5.74) is 0. The number of hydrogen-bond acceptors (Lipinski definition) is 3. The van der Waals surface area contributed by atoms with E-state index < -0.39 is 0 Å². The Morgan fingerprint density at radius 2 is 2.00 bits per heavy atom. The lowest BCUT2D eigenvalue weighted by Crippen LogP contribution is -2.34. The van der Waals surface area contributed by atoms with Gasteiger partial charge in [-0.1, -0.05) is 12.8 Å². The Balaban J connectivity index is 2.03. The molecule has 98 valence electrons. The van der Waals surface area contributed by atoms with Crippen molar-refractivity contribution >= 4 is 28.2 Å². The summed E-state index contributed by atoms with van der Waals surface area (Å²) in [5, 5.41) is 3.42. The Bertz CT molecular complexity index is 450. The van der Waals surface area contributed by atoms with Crippen LogP contribution in [-0.4, -0.2) is 29.8 Å². The number of nitrogens with one attached hydrogen (secondary N) is 1. The highest BCUT2D eigenvalue weighted by Gasteiger charge is 2.25. The molecule has 0 aromatic carbocycles. The topological polar surface area (TPSA) is 49.4 Å². The molecule has 0 atom stereocenters. The first kappa shape index (κ1) is 13.1. The van der Waals surface area contributed by atoms with Crippen molar-refractivity contribution in [2.24, 2.45) is 0 Å². The smallest absolute Gasteiger partial charge is 0.263 e. The monoisotopic (exact) mass is 266 g/mol. The second-order valence-electron chi connectivity index (χ2n) is 4.70. The summed E-state index contributed by atoms with van der Waals surface area (Å²) < 4.78 is 0. The fourth-order valence-electron chi connectivity index (χ4n) is 2.32. The van der Waals surface area contributed by atoms with Crippen LogP contribution in [0, 0.1) is 0 Å². The van der Waals surface area contributed by atoms with Crippen molar-refractivity contribution in [2.45, 2.75) is 38.6 Å². The van der Waals surface area contributed by atoms with Gasteiger partial charge in [0.1, 0.15) is 0 Å².